The van der Waals surface area contributed by atoms with Gasteiger partial charge in [-0.15, -0.1) is 0 Å². The third-order valence-electron chi connectivity index (χ3n) is 2.53. The summed E-state index contributed by atoms with van der Waals surface area (Å²) in [6.45, 7) is 5.96. The van der Waals surface area contributed by atoms with E-state index < -0.39 is 15.6 Å². The molecule has 0 aliphatic heterocycles. The molecule has 5 heteroatoms. The molecule has 0 saturated carbocycles. The number of hydrogen-bond donors (Lipinski definition) is 1. The van der Waals surface area contributed by atoms with Crippen LogP contribution in [0.1, 0.15) is 33.6 Å². The molecule has 0 aromatic carbocycles. The molecule has 14 heavy (non-hydrogen) atoms. The first kappa shape index (κ1) is 13.9. The molecule has 0 radical (unpaired) electrons. The SMILES string of the molecule is CCCCS(=O)(=O)N(C)C(C)(C)CN. The van der Waals surface area contributed by atoms with Crippen LogP contribution in [-0.4, -0.2) is 37.6 Å². The van der Waals surface area contributed by atoms with Crippen molar-refractivity contribution in [2.24, 2.45) is 5.73 Å². The Bertz CT molecular complexity index is 260. The molecule has 86 valence electrons. The average molecular weight is 222 g/mol. The minimum Gasteiger partial charge on any atom is -0.329 e. The standard InChI is InChI=1S/C9H22N2O2S/c1-5-6-7-14(12,13)11(4)9(2,3)8-10/h5-8,10H2,1-4H3. The zero-order valence-electron chi connectivity index (χ0n) is 9.58. The van der Waals surface area contributed by atoms with Crippen LogP contribution in [0.4, 0.5) is 0 Å². The van der Waals surface area contributed by atoms with Crippen LogP contribution >= 0.6 is 0 Å². The molecule has 0 amide bonds. The largest absolute Gasteiger partial charge is 0.329 e. The zero-order chi connectivity index (χ0) is 11.4. The summed E-state index contributed by atoms with van der Waals surface area (Å²) in [4.78, 5) is 0. The number of nitrogens with two attached hydrogens (primary N) is 1. The summed E-state index contributed by atoms with van der Waals surface area (Å²) in [5.41, 5.74) is 5.03. The van der Waals surface area contributed by atoms with Crippen LogP contribution in [-0.2, 0) is 10.0 Å². The van der Waals surface area contributed by atoms with E-state index in [-0.39, 0.29) is 5.75 Å². The van der Waals surface area contributed by atoms with Crippen LogP contribution < -0.4 is 5.73 Å². The molecule has 0 unspecified atom stereocenters. The topological polar surface area (TPSA) is 63.4 Å². The molecular formula is C9H22N2O2S. The Morgan fingerprint density at radius 3 is 2.21 bits per heavy atom. The predicted molar refractivity (Wildman–Crippen MR) is 59.6 cm³/mol. The second-order valence-electron chi connectivity index (χ2n) is 4.15. The monoisotopic (exact) mass is 222 g/mol. The van der Waals surface area contributed by atoms with E-state index in [1.165, 1.54) is 4.31 Å². The fourth-order valence-corrected chi connectivity index (χ4v) is 2.72. The lowest BCUT2D eigenvalue weighted by atomic mass is 10.1. The summed E-state index contributed by atoms with van der Waals surface area (Å²) in [5.74, 6) is 0.212. The highest BCUT2D eigenvalue weighted by atomic mass is 32.2. The molecule has 0 aromatic heterocycles. The molecule has 0 aliphatic carbocycles. The quantitative estimate of drug-likeness (QED) is 0.722. The number of nitrogens with zero attached hydrogens (tertiary/aromatic N) is 1. The van der Waals surface area contributed by atoms with Crippen molar-refractivity contribution in [1.82, 2.24) is 4.31 Å². The summed E-state index contributed by atoms with van der Waals surface area (Å²) < 4.78 is 24.9. The molecule has 0 saturated heterocycles. The second kappa shape index (κ2) is 5.09. The fourth-order valence-electron chi connectivity index (χ4n) is 0.969. The lowest BCUT2D eigenvalue weighted by Gasteiger charge is -2.33. The maximum absolute atomic E-state index is 11.8. The Morgan fingerprint density at radius 1 is 1.36 bits per heavy atom. The highest BCUT2D eigenvalue weighted by Gasteiger charge is 2.30. The Morgan fingerprint density at radius 2 is 1.86 bits per heavy atom. The van der Waals surface area contributed by atoms with Crippen molar-refractivity contribution >= 4 is 10.0 Å². The molecule has 0 atom stereocenters. The highest BCUT2D eigenvalue weighted by molar-refractivity contribution is 7.89. The van der Waals surface area contributed by atoms with Crippen molar-refractivity contribution in [2.75, 3.05) is 19.3 Å². The van der Waals surface area contributed by atoms with E-state index in [4.69, 9.17) is 5.73 Å². The van der Waals surface area contributed by atoms with Gasteiger partial charge in [-0.1, -0.05) is 13.3 Å². The van der Waals surface area contributed by atoms with Gasteiger partial charge in [-0.05, 0) is 20.3 Å². The van der Waals surface area contributed by atoms with E-state index in [0.29, 0.717) is 13.0 Å². The van der Waals surface area contributed by atoms with Gasteiger partial charge in [-0.2, -0.15) is 4.31 Å². The normalized spacial score (nSPS) is 13.6. The third-order valence-corrected chi connectivity index (χ3v) is 4.66. The Hall–Kier alpha value is -0.130. The molecule has 0 fully saturated rings. The van der Waals surface area contributed by atoms with E-state index in [1.54, 1.807) is 7.05 Å². The van der Waals surface area contributed by atoms with Crippen LogP contribution in [0.25, 0.3) is 0 Å². The maximum Gasteiger partial charge on any atom is 0.214 e. The predicted octanol–water partition coefficient (Wildman–Crippen LogP) is 0.785. The van der Waals surface area contributed by atoms with Crippen LogP contribution in [0, 0.1) is 0 Å². The van der Waals surface area contributed by atoms with Gasteiger partial charge in [-0.3, -0.25) is 0 Å². The first-order valence-electron chi connectivity index (χ1n) is 4.94. The molecule has 0 aromatic rings. The van der Waals surface area contributed by atoms with Crippen molar-refractivity contribution in [3.8, 4) is 0 Å². The highest BCUT2D eigenvalue weighted by Crippen LogP contribution is 2.16. The number of likely N-dealkylation sites (N-methyl/N-ethyl adjacent to an activating group) is 1. The lowest BCUT2D eigenvalue weighted by Crippen LogP contribution is -2.50. The fraction of sp³-hybridized carbons (Fsp3) is 1.00. The van der Waals surface area contributed by atoms with Gasteiger partial charge in [0.25, 0.3) is 0 Å². The van der Waals surface area contributed by atoms with Crippen molar-refractivity contribution < 1.29 is 8.42 Å². The molecule has 0 rings (SSSR count). The Labute approximate surface area is 87.5 Å². The van der Waals surface area contributed by atoms with E-state index >= 15 is 0 Å². The summed E-state index contributed by atoms with van der Waals surface area (Å²) >= 11 is 0. The van der Waals surface area contributed by atoms with Crippen LogP contribution in [0.15, 0.2) is 0 Å². The van der Waals surface area contributed by atoms with Gasteiger partial charge in [-0.25, -0.2) is 8.42 Å². The van der Waals surface area contributed by atoms with Crippen molar-refractivity contribution in [2.45, 2.75) is 39.2 Å². The van der Waals surface area contributed by atoms with Gasteiger partial charge < -0.3 is 5.73 Å². The van der Waals surface area contributed by atoms with Gasteiger partial charge >= 0.3 is 0 Å². The van der Waals surface area contributed by atoms with Gasteiger partial charge in [0, 0.05) is 19.1 Å². The Kier molecular flexibility index (Phi) is 5.05. The van der Waals surface area contributed by atoms with Gasteiger partial charge in [0.05, 0.1) is 5.75 Å². The van der Waals surface area contributed by atoms with E-state index in [2.05, 4.69) is 0 Å². The number of unbranched alkanes of at least 4 members (excludes halogenated alkanes) is 1. The van der Waals surface area contributed by atoms with Gasteiger partial charge in [0.2, 0.25) is 10.0 Å². The Balaban J connectivity index is 4.59. The van der Waals surface area contributed by atoms with Crippen LogP contribution in [0.3, 0.4) is 0 Å². The summed E-state index contributed by atoms with van der Waals surface area (Å²) in [6.07, 6.45) is 1.59. The summed E-state index contributed by atoms with van der Waals surface area (Å²) in [7, 11) is -1.54. The van der Waals surface area contributed by atoms with Crippen molar-refractivity contribution in [1.29, 1.82) is 0 Å². The number of rotatable bonds is 6. The molecule has 0 aliphatic rings. The first-order valence-corrected chi connectivity index (χ1v) is 6.55. The number of sulfonamides is 1. The van der Waals surface area contributed by atoms with Crippen molar-refractivity contribution in [3.63, 3.8) is 0 Å². The summed E-state index contributed by atoms with van der Waals surface area (Å²) in [6, 6.07) is 0. The molecule has 4 nitrogen and oxygen atoms in total. The molecule has 0 bridgehead atoms. The molecule has 0 spiro atoms. The smallest absolute Gasteiger partial charge is 0.214 e. The molecular weight excluding hydrogens is 200 g/mol. The van der Waals surface area contributed by atoms with Crippen LogP contribution in [0.2, 0.25) is 0 Å². The van der Waals surface area contributed by atoms with E-state index in [0.717, 1.165) is 6.42 Å². The first-order chi connectivity index (χ1) is 6.28. The summed E-state index contributed by atoms with van der Waals surface area (Å²) in [5, 5.41) is 0. The molecule has 0 heterocycles. The van der Waals surface area contributed by atoms with E-state index in [9.17, 15) is 8.42 Å². The second-order valence-corrected chi connectivity index (χ2v) is 6.27. The maximum atomic E-state index is 11.8. The zero-order valence-corrected chi connectivity index (χ0v) is 10.4. The van der Waals surface area contributed by atoms with Crippen molar-refractivity contribution in [3.05, 3.63) is 0 Å². The average Bonchev–Trinajstić information content (AvgIpc) is 2.13. The van der Waals surface area contributed by atoms with Gasteiger partial charge in [0.15, 0.2) is 0 Å². The number of hydrogen-bond acceptors (Lipinski definition) is 3. The van der Waals surface area contributed by atoms with Crippen LogP contribution in [0.5, 0.6) is 0 Å². The third kappa shape index (κ3) is 3.55. The molecule has 2 N–H and O–H groups in total. The lowest BCUT2D eigenvalue weighted by molar-refractivity contribution is 0.274. The van der Waals surface area contributed by atoms with E-state index in [1.807, 2.05) is 20.8 Å². The minimum atomic E-state index is -3.14. The van der Waals surface area contributed by atoms with Gasteiger partial charge in [0.1, 0.15) is 0 Å². The minimum absolute atomic E-state index is 0.212.